The molecular formula is C19H19F3N2O3. The molecular weight excluding hydrogens is 361 g/mol. The van der Waals surface area contributed by atoms with Crippen LogP contribution in [0.5, 0.6) is 0 Å². The van der Waals surface area contributed by atoms with Gasteiger partial charge in [0.25, 0.3) is 0 Å². The van der Waals surface area contributed by atoms with Crippen LogP contribution in [0.15, 0.2) is 24.3 Å². The lowest BCUT2D eigenvalue weighted by Crippen LogP contribution is -2.35. The van der Waals surface area contributed by atoms with Crippen molar-refractivity contribution in [3.8, 4) is 0 Å². The first-order valence-corrected chi connectivity index (χ1v) is 9.08. The molecule has 0 spiro atoms. The fourth-order valence-corrected chi connectivity index (χ4v) is 4.96. The van der Waals surface area contributed by atoms with E-state index in [4.69, 9.17) is 0 Å². The van der Waals surface area contributed by atoms with Gasteiger partial charge in [-0.2, -0.15) is 13.2 Å². The molecule has 0 aromatic heterocycles. The van der Waals surface area contributed by atoms with Crippen LogP contribution in [0.1, 0.15) is 31.2 Å². The smallest absolute Gasteiger partial charge is 0.325 e. The largest absolute Gasteiger partial charge is 0.418 e. The summed E-state index contributed by atoms with van der Waals surface area (Å²) in [5, 5.41) is 2.24. The normalized spacial score (nSPS) is 29.4. The van der Waals surface area contributed by atoms with E-state index in [0.29, 0.717) is 0 Å². The molecule has 3 fully saturated rings. The molecule has 0 radical (unpaired) electrons. The number of nitrogens with zero attached hydrogens (tertiary/aromatic N) is 1. The van der Waals surface area contributed by atoms with Gasteiger partial charge < -0.3 is 5.32 Å². The van der Waals surface area contributed by atoms with Crippen LogP contribution < -0.4 is 5.32 Å². The number of fused-ring (bicyclic) bond motifs is 5. The predicted octanol–water partition coefficient (Wildman–Crippen LogP) is 3.07. The molecule has 1 N–H and O–H groups in total. The minimum Gasteiger partial charge on any atom is -0.325 e. The third-order valence-corrected chi connectivity index (χ3v) is 6.09. The molecule has 1 aliphatic heterocycles. The molecule has 1 aromatic carbocycles. The van der Waals surface area contributed by atoms with Gasteiger partial charge in [0, 0.05) is 13.0 Å². The number of hydrogen-bond acceptors (Lipinski definition) is 3. The fraction of sp³-hybridized carbons (Fsp3) is 0.526. The van der Waals surface area contributed by atoms with E-state index < -0.39 is 17.6 Å². The number of amides is 3. The predicted molar refractivity (Wildman–Crippen MR) is 89.2 cm³/mol. The number of carbonyl (C=O) groups is 3. The molecule has 1 aromatic rings. The number of imide groups is 1. The SMILES string of the molecule is O=C(CCN1C(=O)[C@@H]2[C@H]3CC[C@@H](C3)[C@H]2C1=O)Nc1ccccc1C(F)(F)F. The summed E-state index contributed by atoms with van der Waals surface area (Å²) in [7, 11) is 0. The maximum Gasteiger partial charge on any atom is 0.418 e. The highest BCUT2D eigenvalue weighted by atomic mass is 19.4. The zero-order valence-electron chi connectivity index (χ0n) is 14.5. The van der Waals surface area contributed by atoms with Crippen molar-refractivity contribution in [3.63, 3.8) is 0 Å². The number of likely N-dealkylation sites (tertiary alicyclic amines) is 1. The molecule has 8 heteroatoms. The Hall–Kier alpha value is -2.38. The maximum absolute atomic E-state index is 13.0. The van der Waals surface area contributed by atoms with Crippen LogP contribution in [0, 0.1) is 23.7 Å². The minimum absolute atomic E-state index is 0.0931. The first-order chi connectivity index (χ1) is 12.8. The number of carbonyl (C=O) groups excluding carboxylic acids is 3. The number of para-hydroxylation sites is 1. The first-order valence-electron chi connectivity index (χ1n) is 9.08. The molecule has 5 nitrogen and oxygen atoms in total. The average Bonchev–Trinajstić information content (AvgIpc) is 3.27. The molecule has 3 aliphatic rings. The number of halogens is 3. The fourth-order valence-electron chi connectivity index (χ4n) is 4.96. The van der Waals surface area contributed by atoms with Crippen molar-refractivity contribution in [1.82, 2.24) is 4.90 Å². The number of alkyl halides is 3. The van der Waals surface area contributed by atoms with E-state index in [1.165, 1.54) is 18.2 Å². The number of rotatable bonds is 4. The van der Waals surface area contributed by atoms with Crippen molar-refractivity contribution in [2.45, 2.75) is 31.9 Å². The summed E-state index contributed by atoms with van der Waals surface area (Å²) >= 11 is 0. The van der Waals surface area contributed by atoms with Crippen molar-refractivity contribution >= 4 is 23.4 Å². The highest BCUT2D eigenvalue weighted by Gasteiger charge is 2.60. The van der Waals surface area contributed by atoms with Gasteiger partial charge in [-0.15, -0.1) is 0 Å². The van der Waals surface area contributed by atoms with E-state index >= 15 is 0 Å². The Balaban J connectivity index is 1.40. The van der Waals surface area contributed by atoms with E-state index in [1.807, 2.05) is 0 Å². The second-order valence-electron chi connectivity index (χ2n) is 7.55. The van der Waals surface area contributed by atoms with Crippen LogP contribution in [-0.4, -0.2) is 29.2 Å². The number of hydrogen-bond donors (Lipinski definition) is 1. The van der Waals surface area contributed by atoms with Crippen LogP contribution in [0.2, 0.25) is 0 Å². The minimum atomic E-state index is -4.58. The average molecular weight is 380 g/mol. The quantitative estimate of drug-likeness (QED) is 0.817. The lowest BCUT2D eigenvalue weighted by Gasteiger charge is -2.19. The summed E-state index contributed by atoms with van der Waals surface area (Å²) in [5.74, 6) is -1.10. The number of benzene rings is 1. The van der Waals surface area contributed by atoms with Crippen molar-refractivity contribution < 1.29 is 27.6 Å². The van der Waals surface area contributed by atoms with Crippen LogP contribution in [0.25, 0.3) is 0 Å². The summed E-state index contributed by atoms with van der Waals surface area (Å²) in [6.07, 6.45) is -1.95. The number of nitrogens with one attached hydrogen (secondary N) is 1. The van der Waals surface area contributed by atoms with Crippen molar-refractivity contribution in [2.75, 3.05) is 11.9 Å². The topological polar surface area (TPSA) is 66.5 Å². The van der Waals surface area contributed by atoms with E-state index in [9.17, 15) is 27.6 Å². The third-order valence-electron chi connectivity index (χ3n) is 6.09. The van der Waals surface area contributed by atoms with Gasteiger partial charge in [-0.3, -0.25) is 19.3 Å². The van der Waals surface area contributed by atoms with Crippen LogP contribution in [-0.2, 0) is 20.6 Å². The van der Waals surface area contributed by atoms with E-state index in [2.05, 4.69) is 5.32 Å². The van der Waals surface area contributed by atoms with Crippen LogP contribution in [0.3, 0.4) is 0 Å². The van der Waals surface area contributed by atoms with Gasteiger partial charge >= 0.3 is 6.18 Å². The lowest BCUT2D eigenvalue weighted by molar-refractivity contribution is -0.141. The highest BCUT2D eigenvalue weighted by Crippen LogP contribution is 2.56. The van der Waals surface area contributed by atoms with Gasteiger partial charge in [-0.25, -0.2) is 0 Å². The first kappa shape index (κ1) is 18.0. The van der Waals surface area contributed by atoms with Gasteiger partial charge in [0.1, 0.15) is 0 Å². The second kappa shape index (κ2) is 6.35. The van der Waals surface area contributed by atoms with Gasteiger partial charge in [-0.05, 0) is 43.2 Å². The monoisotopic (exact) mass is 380 g/mol. The summed E-state index contributed by atoms with van der Waals surface area (Å²) in [6, 6.07) is 4.71. The molecule has 144 valence electrons. The molecule has 0 unspecified atom stereocenters. The standard InChI is InChI=1S/C19H19F3N2O3/c20-19(21,22)12-3-1-2-4-13(12)23-14(25)7-8-24-17(26)15-10-5-6-11(9-10)16(15)18(24)27/h1-4,10-11,15-16H,5-9H2,(H,23,25)/t10-,11-,15+,16+/m0/s1. The summed E-state index contributed by atoms with van der Waals surface area (Å²) in [5.41, 5.74) is -1.26. The van der Waals surface area contributed by atoms with E-state index in [0.717, 1.165) is 30.2 Å². The van der Waals surface area contributed by atoms with Gasteiger partial charge in [0.2, 0.25) is 17.7 Å². The molecule has 1 saturated heterocycles. The van der Waals surface area contributed by atoms with Crippen LogP contribution >= 0.6 is 0 Å². The molecule has 2 bridgehead atoms. The van der Waals surface area contributed by atoms with Crippen molar-refractivity contribution in [1.29, 1.82) is 0 Å². The molecule has 4 rings (SSSR count). The zero-order valence-corrected chi connectivity index (χ0v) is 14.5. The van der Waals surface area contributed by atoms with Crippen LogP contribution in [0.4, 0.5) is 18.9 Å². The Morgan fingerprint density at radius 1 is 1.07 bits per heavy atom. The molecule has 2 saturated carbocycles. The summed E-state index contributed by atoms with van der Waals surface area (Å²) in [6.45, 7) is -0.0931. The Morgan fingerprint density at radius 2 is 1.67 bits per heavy atom. The molecule has 3 amide bonds. The Kier molecular flexibility index (Phi) is 4.24. The Morgan fingerprint density at radius 3 is 2.26 bits per heavy atom. The summed E-state index contributed by atoms with van der Waals surface area (Å²) in [4.78, 5) is 38.4. The van der Waals surface area contributed by atoms with Crippen molar-refractivity contribution in [3.05, 3.63) is 29.8 Å². The van der Waals surface area contributed by atoms with Gasteiger partial charge in [0.15, 0.2) is 0 Å². The third kappa shape index (κ3) is 3.00. The molecule has 2 aliphatic carbocycles. The van der Waals surface area contributed by atoms with Gasteiger partial charge in [-0.1, -0.05) is 12.1 Å². The molecule has 27 heavy (non-hydrogen) atoms. The Bertz CT molecular complexity index is 780. The Labute approximate surface area is 153 Å². The zero-order chi connectivity index (χ0) is 19.3. The van der Waals surface area contributed by atoms with E-state index in [1.54, 1.807) is 0 Å². The van der Waals surface area contributed by atoms with Crippen molar-refractivity contribution in [2.24, 2.45) is 23.7 Å². The second-order valence-corrected chi connectivity index (χ2v) is 7.55. The molecule has 1 heterocycles. The lowest BCUT2D eigenvalue weighted by atomic mass is 9.81. The summed E-state index contributed by atoms with van der Waals surface area (Å²) < 4.78 is 39.0. The molecule has 4 atom stereocenters. The van der Waals surface area contributed by atoms with E-state index in [-0.39, 0.29) is 54.1 Å². The number of anilines is 1. The highest BCUT2D eigenvalue weighted by molar-refractivity contribution is 6.06. The maximum atomic E-state index is 13.0. The van der Waals surface area contributed by atoms with Gasteiger partial charge in [0.05, 0.1) is 23.1 Å².